The first kappa shape index (κ1) is 8.64. The summed E-state index contributed by atoms with van der Waals surface area (Å²) in [6.45, 7) is 0. The van der Waals surface area contributed by atoms with Crippen LogP contribution < -0.4 is 9.47 Å². The second kappa shape index (κ2) is 3.30. The molecular weight excluding hydrogens is 163 g/mol. The molecule has 1 N–H and O–H groups in total. The van der Waals surface area contributed by atoms with Gasteiger partial charge in [-0.1, -0.05) is 0 Å². The molecule has 0 radical (unpaired) electrons. The zero-order chi connectivity index (χ0) is 9.14. The molecule has 0 aliphatic carbocycles. The van der Waals surface area contributed by atoms with Gasteiger partial charge in [0.15, 0.2) is 17.3 Å². The van der Waals surface area contributed by atoms with E-state index in [1.54, 1.807) is 0 Å². The van der Waals surface area contributed by atoms with Gasteiger partial charge < -0.3 is 14.6 Å². The Kier molecular flexibility index (Phi) is 2.38. The molecule has 0 saturated heterocycles. The molecule has 12 heavy (non-hydrogen) atoms. The third-order valence-corrected chi connectivity index (χ3v) is 1.44. The lowest BCUT2D eigenvalue weighted by Crippen LogP contribution is -1.90. The van der Waals surface area contributed by atoms with E-state index in [1.165, 1.54) is 20.3 Å². The highest BCUT2D eigenvalue weighted by atomic mass is 19.1. The standard InChI is InChI=1S/C8H9FO3/c1-11-5-3-6(9)8(12-2)7(10)4-5/h3-4,10H,1-2H3. The van der Waals surface area contributed by atoms with E-state index in [9.17, 15) is 4.39 Å². The maximum absolute atomic E-state index is 12.9. The molecule has 4 heteroatoms. The topological polar surface area (TPSA) is 38.7 Å². The van der Waals surface area contributed by atoms with Crippen molar-refractivity contribution in [3.05, 3.63) is 17.9 Å². The minimum Gasteiger partial charge on any atom is -0.504 e. The van der Waals surface area contributed by atoms with Crippen LogP contribution in [-0.4, -0.2) is 19.3 Å². The molecule has 1 aromatic rings. The number of phenolic OH excluding ortho intramolecular Hbond substituents is 1. The highest BCUT2D eigenvalue weighted by molar-refractivity contribution is 5.45. The van der Waals surface area contributed by atoms with Gasteiger partial charge in [0.05, 0.1) is 14.2 Å². The second-order valence-electron chi connectivity index (χ2n) is 2.16. The Labute approximate surface area is 69.3 Å². The van der Waals surface area contributed by atoms with E-state index in [4.69, 9.17) is 9.84 Å². The Balaban J connectivity index is 3.18. The van der Waals surface area contributed by atoms with E-state index < -0.39 is 5.82 Å². The number of hydrogen-bond donors (Lipinski definition) is 1. The molecule has 0 aromatic heterocycles. The Morgan fingerprint density at radius 1 is 1.25 bits per heavy atom. The van der Waals surface area contributed by atoms with E-state index in [0.29, 0.717) is 0 Å². The van der Waals surface area contributed by atoms with Gasteiger partial charge in [0, 0.05) is 12.1 Å². The first-order chi connectivity index (χ1) is 5.69. The number of ether oxygens (including phenoxy) is 2. The van der Waals surface area contributed by atoms with Crippen LogP contribution in [0.15, 0.2) is 12.1 Å². The molecule has 0 amide bonds. The molecule has 66 valence electrons. The molecule has 0 heterocycles. The van der Waals surface area contributed by atoms with Crippen LogP contribution in [-0.2, 0) is 0 Å². The molecule has 0 aliphatic heterocycles. The Morgan fingerprint density at radius 3 is 2.33 bits per heavy atom. The number of benzene rings is 1. The molecule has 1 rings (SSSR count). The van der Waals surface area contributed by atoms with Crippen molar-refractivity contribution >= 4 is 0 Å². The van der Waals surface area contributed by atoms with Crippen molar-refractivity contribution in [1.82, 2.24) is 0 Å². The van der Waals surface area contributed by atoms with Gasteiger partial charge in [0.2, 0.25) is 0 Å². The number of phenols is 1. The summed E-state index contributed by atoms with van der Waals surface area (Å²) < 4.78 is 22.2. The summed E-state index contributed by atoms with van der Waals surface area (Å²) in [7, 11) is 2.67. The minimum absolute atomic E-state index is 0.171. The maximum atomic E-state index is 12.9. The fourth-order valence-electron chi connectivity index (χ4n) is 0.875. The summed E-state index contributed by atoms with van der Waals surface area (Å²) in [6.07, 6.45) is 0. The second-order valence-corrected chi connectivity index (χ2v) is 2.16. The molecule has 0 unspecified atom stereocenters. The molecular formula is C8H9FO3. The monoisotopic (exact) mass is 172 g/mol. The lowest BCUT2D eigenvalue weighted by atomic mass is 10.3. The van der Waals surface area contributed by atoms with E-state index >= 15 is 0 Å². The van der Waals surface area contributed by atoms with E-state index in [0.717, 1.165) is 6.07 Å². The molecule has 1 aromatic carbocycles. The van der Waals surface area contributed by atoms with Crippen molar-refractivity contribution in [1.29, 1.82) is 0 Å². The predicted octanol–water partition coefficient (Wildman–Crippen LogP) is 1.55. The molecule has 0 fully saturated rings. The van der Waals surface area contributed by atoms with Crippen molar-refractivity contribution < 1.29 is 19.0 Å². The quantitative estimate of drug-likeness (QED) is 0.735. The third-order valence-electron chi connectivity index (χ3n) is 1.44. The van der Waals surface area contributed by atoms with Crippen LogP contribution in [0.3, 0.4) is 0 Å². The summed E-state index contributed by atoms with van der Waals surface area (Å²) in [5.41, 5.74) is 0. The SMILES string of the molecule is COc1cc(O)c(OC)c(F)c1. The summed E-state index contributed by atoms with van der Waals surface area (Å²) in [6, 6.07) is 2.42. The summed E-state index contributed by atoms with van der Waals surface area (Å²) in [5.74, 6) is -0.828. The van der Waals surface area contributed by atoms with Crippen molar-refractivity contribution in [2.45, 2.75) is 0 Å². The first-order valence-electron chi connectivity index (χ1n) is 3.29. The van der Waals surface area contributed by atoms with E-state index in [2.05, 4.69) is 4.74 Å². The lowest BCUT2D eigenvalue weighted by Gasteiger charge is -2.06. The largest absolute Gasteiger partial charge is 0.504 e. The predicted molar refractivity (Wildman–Crippen MR) is 41.2 cm³/mol. The smallest absolute Gasteiger partial charge is 0.196 e. The van der Waals surface area contributed by atoms with Crippen LogP contribution in [0.25, 0.3) is 0 Å². The zero-order valence-electron chi connectivity index (χ0n) is 6.80. The fourth-order valence-corrected chi connectivity index (χ4v) is 0.875. The Morgan fingerprint density at radius 2 is 1.92 bits per heavy atom. The van der Waals surface area contributed by atoms with Crippen molar-refractivity contribution in [3.63, 3.8) is 0 Å². The van der Waals surface area contributed by atoms with Crippen LogP contribution in [0.2, 0.25) is 0 Å². The summed E-state index contributed by atoms with van der Waals surface area (Å²) >= 11 is 0. The number of rotatable bonds is 2. The average molecular weight is 172 g/mol. The minimum atomic E-state index is -0.644. The van der Waals surface area contributed by atoms with Gasteiger partial charge in [-0.05, 0) is 0 Å². The van der Waals surface area contributed by atoms with Gasteiger partial charge >= 0.3 is 0 Å². The first-order valence-corrected chi connectivity index (χ1v) is 3.29. The zero-order valence-corrected chi connectivity index (χ0v) is 6.80. The number of hydrogen-bond acceptors (Lipinski definition) is 3. The van der Waals surface area contributed by atoms with Crippen LogP contribution >= 0.6 is 0 Å². The Hall–Kier alpha value is -1.45. The van der Waals surface area contributed by atoms with Crippen LogP contribution in [0.5, 0.6) is 17.2 Å². The van der Waals surface area contributed by atoms with Gasteiger partial charge in [-0.25, -0.2) is 4.39 Å². The van der Waals surface area contributed by atoms with Gasteiger partial charge in [-0.2, -0.15) is 0 Å². The number of halogens is 1. The number of aromatic hydroxyl groups is 1. The van der Waals surface area contributed by atoms with Gasteiger partial charge in [0.25, 0.3) is 0 Å². The Bertz CT molecular complexity index is 263. The molecule has 0 spiro atoms. The van der Waals surface area contributed by atoms with Crippen molar-refractivity contribution in [3.8, 4) is 17.2 Å². The van der Waals surface area contributed by atoms with Crippen LogP contribution in [0.4, 0.5) is 4.39 Å². The molecule has 3 nitrogen and oxygen atoms in total. The van der Waals surface area contributed by atoms with E-state index in [1.807, 2.05) is 0 Å². The van der Waals surface area contributed by atoms with Gasteiger partial charge in [-0.3, -0.25) is 0 Å². The molecule has 0 atom stereocenters. The fraction of sp³-hybridized carbons (Fsp3) is 0.250. The van der Waals surface area contributed by atoms with Crippen LogP contribution in [0.1, 0.15) is 0 Å². The highest BCUT2D eigenvalue weighted by Crippen LogP contribution is 2.32. The number of methoxy groups -OCH3 is 2. The average Bonchev–Trinajstić information content (AvgIpc) is 2.03. The highest BCUT2D eigenvalue weighted by Gasteiger charge is 2.10. The van der Waals surface area contributed by atoms with Crippen LogP contribution in [0, 0.1) is 5.82 Å². The summed E-state index contributed by atoms with van der Waals surface area (Å²) in [5, 5.41) is 9.16. The normalized spacial score (nSPS) is 9.58. The van der Waals surface area contributed by atoms with Crippen molar-refractivity contribution in [2.75, 3.05) is 14.2 Å². The van der Waals surface area contributed by atoms with Gasteiger partial charge in [-0.15, -0.1) is 0 Å². The maximum Gasteiger partial charge on any atom is 0.196 e. The molecule has 0 bridgehead atoms. The van der Waals surface area contributed by atoms with Crippen molar-refractivity contribution in [2.24, 2.45) is 0 Å². The molecule has 0 saturated carbocycles. The molecule has 0 aliphatic rings. The summed E-state index contributed by atoms with van der Waals surface area (Å²) in [4.78, 5) is 0. The van der Waals surface area contributed by atoms with E-state index in [-0.39, 0.29) is 17.2 Å². The third kappa shape index (κ3) is 1.42. The van der Waals surface area contributed by atoms with Gasteiger partial charge in [0.1, 0.15) is 5.75 Å². The lowest BCUT2D eigenvalue weighted by molar-refractivity contribution is 0.343.